The summed E-state index contributed by atoms with van der Waals surface area (Å²) in [6, 6.07) is 7.57. The number of nitrogens with one attached hydrogen (secondary N) is 1. The number of benzene rings is 1. The summed E-state index contributed by atoms with van der Waals surface area (Å²) >= 11 is 9.16. The predicted octanol–water partition coefficient (Wildman–Crippen LogP) is 5.17. The minimum absolute atomic E-state index is 0.268. The monoisotopic (exact) mass is 402 g/mol. The molecular weight excluding hydrogens is 388 g/mol. The van der Waals surface area contributed by atoms with Gasteiger partial charge in [-0.3, -0.25) is 4.79 Å². The van der Waals surface area contributed by atoms with E-state index < -0.39 is 0 Å². The average molecular weight is 403 g/mol. The molecule has 132 valence electrons. The van der Waals surface area contributed by atoms with Crippen LogP contribution < -0.4 is 5.32 Å². The molecule has 1 N–H and O–H groups in total. The van der Waals surface area contributed by atoms with Crippen LogP contribution in [0.5, 0.6) is 0 Å². The Hall–Kier alpha value is -2.09. The van der Waals surface area contributed by atoms with E-state index in [9.17, 15) is 4.79 Å². The Morgan fingerprint density at radius 2 is 1.96 bits per heavy atom. The number of thiazole rings is 1. The molecule has 1 saturated carbocycles. The number of anilines is 1. The molecule has 1 amide bonds. The Morgan fingerprint density at radius 3 is 2.69 bits per heavy atom. The highest BCUT2D eigenvalue weighted by atomic mass is 35.5. The van der Waals surface area contributed by atoms with E-state index in [1.807, 2.05) is 36.6 Å². The Bertz CT molecular complexity index is 973. The van der Waals surface area contributed by atoms with Crippen LogP contribution in [0.3, 0.4) is 0 Å². The van der Waals surface area contributed by atoms with E-state index in [2.05, 4.69) is 20.5 Å². The highest BCUT2D eigenvalue weighted by molar-refractivity contribution is 7.15. The number of aryl methyl sites for hydroxylation is 1. The fourth-order valence-corrected chi connectivity index (χ4v) is 4.17. The van der Waals surface area contributed by atoms with Gasteiger partial charge in [0, 0.05) is 17.0 Å². The Morgan fingerprint density at radius 1 is 1.23 bits per heavy atom. The van der Waals surface area contributed by atoms with Gasteiger partial charge >= 0.3 is 0 Å². The standard InChI is InChI=1S/C18H15ClN4OS2/c1-10-2-6-12(7-3-10)20-15(24)18-23-22-17(26-18)14(19)8-13-9-25-16(21-13)11-4-5-11/h2-3,6-9,11H,4-5H2,1H3,(H,20,24)/b14-8-. The first kappa shape index (κ1) is 17.3. The van der Waals surface area contributed by atoms with Gasteiger partial charge in [0.2, 0.25) is 5.01 Å². The van der Waals surface area contributed by atoms with Crippen LogP contribution in [-0.2, 0) is 0 Å². The topological polar surface area (TPSA) is 67.8 Å². The van der Waals surface area contributed by atoms with E-state index in [1.54, 1.807) is 17.4 Å². The molecule has 3 aromatic rings. The summed E-state index contributed by atoms with van der Waals surface area (Å²) in [7, 11) is 0. The molecule has 2 aromatic heterocycles. The fourth-order valence-electron chi connectivity index (χ4n) is 2.31. The zero-order chi connectivity index (χ0) is 18.1. The molecule has 0 unspecified atom stereocenters. The second kappa shape index (κ2) is 7.26. The lowest BCUT2D eigenvalue weighted by Gasteiger charge is -2.02. The van der Waals surface area contributed by atoms with Crippen LogP contribution in [0, 0.1) is 6.92 Å². The minimum Gasteiger partial charge on any atom is -0.320 e. The second-order valence-electron chi connectivity index (χ2n) is 6.11. The van der Waals surface area contributed by atoms with Crippen molar-refractivity contribution >= 4 is 57.0 Å². The van der Waals surface area contributed by atoms with Crippen LogP contribution in [0.1, 0.15) is 49.8 Å². The van der Waals surface area contributed by atoms with Crippen molar-refractivity contribution in [3.63, 3.8) is 0 Å². The molecule has 2 heterocycles. The smallest absolute Gasteiger partial charge is 0.286 e. The van der Waals surface area contributed by atoms with Gasteiger partial charge in [-0.2, -0.15) is 0 Å². The molecule has 0 radical (unpaired) electrons. The fraction of sp³-hybridized carbons (Fsp3) is 0.222. The molecule has 0 atom stereocenters. The van der Waals surface area contributed by atoms with E-state index in [0.717, 1.165) is 27.6 Å². The van der Waals surface area contributed by atoms with Crippen molar-refractivity contribution in [1.82, 2.24) is 15.2 Å². The van der Waals surface area contributed by atoms with E-state index in [4.69, 9.17) is 11.6 Å². The first-order chi connectivity index (χ1) is 12.6. The number of hydrogen-bond donors (Lipinski definition) is 1. The van der Waals surface area contributed by atoms with Gasteiger partial charge in [0.25, 0.3) is 5.91 Å². The second-order valence-corrected chi connectivity index (χ2v) is 8.38. The number of nitrogens with zero attached hydrogens (tertiary/aromatic N) is 3. The Balaban J connectivity index is 1.46. The number of rotatable bonds is 5. The van der Waals surface area contributed by atoms with Crippen LogP contribution in [0.4, 0.5) is 5.69 Å². The van der Waals surface area contributed by atoms with Gasteiger partial charge in [-0.25, -0.2) is 4.98 Å². The third-order valence-corrected chi connectivity index (χ3v) is 6.25. The maximum absolute atomic E-state index is 12.3. The van der Waals surface area contributed by atoms with Gasteiger partial charge in [0.1, 0.15) is 0 Å². The quantitative estimate of drug-likeness (QED) is 0.639. The average Bonchev–Trinajstić information content (AvgIpc) is 3.17. The van der Waals surface area contributed by atoms with Crippen LogP contribution in [0.25, 0.3) is 11.1 Å². The first-order valence-electron chi connectivity index (χ1n) is 8.13. The third kappa shape index (κ3) is 4.00. The summed E-state index contributed by atoms with van der Waals surface area (Å²) in [5.74, 6) is 0.325. The Labute approximate surface area is 163 Å². The van der Waals surface area contributed by atoms with E-state index >= 15 is 0 Å². The summed E-state index contributed by atoms with van der Waals surface area (Å²) in [5, 5.41) is 15.1. The molecule has 1 aliphatic rings. The SMILES string of the molecule is Cc1ccc(NC(=O)c2nnc(/C(Cl)=C/c3csc(C4CC4)n3)s2)cc1. The normalized spacial score (nSPS) is 14.5. The van der Waals surface area contributed by atoms with Gasteiger partial charge in [0.15, 0.2) is 5.01 Å². The molecular formula is C18H15ClN4OS2. The molecule has 0 aliphatic heterocycles. The predicted molar refractivity (Wildman–Crippen MR) is 107 cm³/mol. The maximum atomic E-state index is 12.3. The highest BCUT2D eigenvalue weighted by Crippen LogP contribution is 2.41. The number of carbonyl (C=O) groups is 1. The number of amides is 1. The number of hydrogen-bond acceptors (Lipinski definition) is 6. The molecule has 26 heavy (non-hydrogen) atoms. The molecule has 5 nitrogen and oxygen atoms in total. The van der Waals surface area contributed by atoms with Crippen LogP contribution >= 0.6 is 34.3 Å². The molecule has 4 rings (SSSR count). The highest BCUT2D eigenvalue weighted by Gasteiger charge is 2.26. The van der Waals surface area contributed by atoms with Crippen molar-refractivity contribution in [3.8, 4) is 0 Å². The van der Waals surface area contributed by atoms with Gasteiger partial charge in [-0.15, -0.1) is 21.5 Å². The van der Waals surface area contributed by atoms with Gasteiger partial charge in [0.05, 0.1) is 15.7 Å². The van der Waals surface area contributed by atoms with Gasteiger partial charge < -0.3 is 5.32 Å². The van der Waals surface area contributed by atoms with Crippen molar-refractivity contribution in [2.45, 2.75) is 25.7 Å². The van der Waals surface area contributed by atoms with Crippen molar-refractivity contribution in [1.29, 1.82) is 0 Å². The molecule has 1 fully saturated rings. The van der Waals surface area contributed by atoms with Crippen molar-refractivity contribution in [2.24, 2.45) is 0 Å². The van der Waals surface area contributed by atoms with Crippen LogP contribution in [0.15, 0.2) is 29.6 Å². The van der Waals surface area contributed by atoms with Gasteiger partial charge in [-0.05, 0) is 38.0 Å². The number of carbonyl (C=O) groups excluding carboxylic acids is 1. The molecule has 0 saturated heterocycles. The number of halogens is 1. The largest absolute Gasteiger partial charge is 0.320 e. The molecule has 0 bridgehead atoms. The molecule has 8 heteroatoms. The molecule has 1 aliphatic carbocycles. The number of aromatic nitrogens is 3. The third-order valence-electron chi connectivity index (χ3n) is 3.87. The summed E-state index contributed by atoms with van der Waals surface area (Å²) < 4.78 is 0. The summed E-state index contributed by atoms with van der Waals surface area (Å²) in [6.45, 7) is 1.99. The summed E-state index contributed by atoms with van der Waals surface area (Å²) in [5.41, 5.74) is 2.67. The zero-order valence-corrected chi connectivity index (χ0v) is 16.3. The molecule has 1 aromatic carbocycles. The summed E-state index contributed by atoms with van der Waals surface area (Å²) in [4.78, 5) is 16.9. The van der Waals surface area contributed by atoms with E-state index in [1.165, 1.54) is 12.8 Å². The van der Waals surface area contributed by atoms with E-state index in [0.29, 0.717) is 21.6 Å². The van der Waals surface area contributed by atoms with Gasteiger partial charge in [-0.1, -0.05) is 40.6 Å². The lowest BCUT2D eigenvalue weighted by molar-refractivity contribution is 0.102. The van der Waals surface area contributed by atoms with Crippen LogP contribution in [-0.4, -0.2) is 21.1 Å². The summed E-state index contributed by atoms with van der Waals surface area (Å²) in [6.07, 6.45) is 4.21. The zero-order valence-electron chi connectivity index (χ0n) is 13.9. The van der Waals surface area contributed by atoms with Crippen molar-refractivity contribution in [2.75, 3.05) is 5.32 Å². The molecule has 0 spiro atoms. The lowest BCUT2D eigenvalue weighted by atomic mass is 10.2. The minimum atomic E-state index is -0.299. The van der Waals surface area contributed by atoms with Crippen molar-refractivity contribution < 1.29 is 4.79 Å². The van der Waals surface area contributed by atoms with E-state index in [-0.39, 0.29) is 10.9 Å². The van der Waals surface area contributed by atoms with Crippen LogP contribution in [0.2, 0.25) is 0 Å². The lowest BCUT2D eigenvalue weighted by Crippen LogP contribution is -2.11. The first-order valence-corrected chi connectivity index (χ1v) is 10.2. The Kier molecular flexibility index (Phi) is 4.84. The van der Waals surface area contributed by atoms with Crippen molar-refractivity contribution in [3.05, 3.63) is 55.9 Å². The maximum Gasteiger partial charge on any atom is 0.286 e.